The maximum Gasteiger partial charge on any atom is 0.412 e. The van der Waals surface area contributed by atoms with E-state index in [2.05, 4.69) is 5.32 Å². The molecule has 0 radical (unpaired) electrons. The fraction of sp³-hybridized carbons (Fsp3) is 0.357. The molecule has 0 fully saturated rings. The number of aliphatic hydroxyl groups is 1. The number of nitrogens with one attached hydrogen (secondary N) is 1. The predicted molar refractivity (Wildman–Crippen MR) is 74.1 cm³/mol. The first-order chi connectivity index (χ1) is 8.81. The van der Waals surface area contributed by atoms with Crippen LogP contribution in [0.25, 0.3) is 6.08 Å². The summed E-state index contributed by atoms with van der Waals surface area (Å²) in [5.74, 6) is -0.0491. The average Bonchev–Trinajstić information content (AvgIpc) is 2.27. The van der Waals surface area contributed by atoms with Gasteiger partial charge in [-0.05, 0) is 38.5 Å². The first-order valence-corrected chi connectivity index (χ1v) is 5.92. The largest absolute Gasteiger partial charge is 0.506 e. The van der Waals surface area contributed by atoms with Crippen molar-refractivity contribution in [3.8, 4) is 5.75 Å². The lowest BCUT2D eigenvalue weighted by Crippen LogP contribution is -2.27. The number of rotatable bonds is 3. The van der Waals surface area contributed by atoms with Crippen molar-refractivity contribution in [2.45, 2.75) is 26.4 Å². The minimum atomic E-state index is -0.633. The summed E-state index contributed by atoms with van der Waals surface area (Å²) in [6.45, 7) is 5.20. The highest BCUT2D eigenvalue weighted by Crippen LogP contribution is 2.25. The van der Waals surface area contributed by atoms with Gasteiger partial charge in [0.15, 0.2) is 0 Å². The maximum absolute atomic E-state index is 11.6. The molecule has 1 amide bonds. The van der Waals surface area contributed by atoms with Gasteiger partial charge in [-0.1, -0.05) is 18.2 Å². The molecule has 1 rings (SSSR count). The lowest BCUT2D eigenvalue weighted by Gasteiger charge is -2.20. The number of ether oxygens (including phenoxy) is 1. The molecule has 0 saturated carbocycles. The van der Waals surface area contributed by atoms with E-state index in [0.717, 1.165) is 5.56 Å². The fourth-order valence-corrected chi connectivity index (χ4v) is 1.36. The first kappa shape index (κ1) is 15.0. The second-order valence-corrected chi connectivity index (χ2v) is 4.99. The molecule has 5 heteroatoms. The SMILES string of the molecule is CC(C)(C)OC(=O)Nc1cc(/C=C/CO)ccc1O. The molecule has 0 spiro atoms. The van der Waals surface area contributed by atoms with Crippen LogP contribution in [0.5, 0.6) is 5.75 Å². The minimum Gasteiger partial charge on any atom is -0.506 e. The molecule has 0 aliphatic heterocycles. The monoisotopic (exact) mass is 265 g/mol. The molecule has 0 saturated heterocycles. The number of carbonyl (C=O) groups excluding carboxylic acids is 1. The van der Waals surface area contributed by atoms with Gasteiger partial charge in [-0.25, -0.2) is 4.79 Å². The first-order valence-electron chi connectivity index (χ1n) is 5.92. The van der Waals surface area contributed by atoms with Gasteiger partial charge in [0, 0.05) is 0 Å². The Kier molecular flexibility index (Phi) is 4.94. The number of phenols is 1. The standard InChI is InChI=1S/C14H19NO4/c1-14(2,3)19-13(18)15-11-9-10(5-4-8-16)6-7-12(11)17/h4-7,9,16-17H,8H2,1-3H3,(H,15,18)/b5-4+. The van der Waals surface area contributed by atoms with Crippen molar-refractivity contribution in [2.24, 2.45) is 0 Å². The molecule has 0 atom stereocenters. The van der Waals surface area contributed by atoms with E-state index in [1.54, 1.807) is 45.1 Å². The van der Waals surface area contributed by atoms with E-state index >= 15 is 0 Å². The molecule has 1 aromatic rings. The molecule has 0 aromatic heterocycles. The molecular formula is C14H19NO4. The predicted octanol–water partition coefficient (Wildman–Crippen LogP) is 2.74. The summed E-state index contributed by atoms with van der Waals surface area (Å²) in [6.07, 6.45) is 2.61. The van der Waals surface area contributed by atoms with Crippen LogP contribution >= 0.6 is 0 Å². The summed E-state index contributed by atoms with van der Waals surface area (Å²) in [5.41, 5.74) is 0.404. The summed E-state index contributed by atoms with van der Waals surface area (Å²) in [5, 5.41) is 20.8. The molecule has 0 aliphatic rings. The van der Waals surface area contributed by atoms with E-state index in [4.69, 9.17) is 9.84 Å². The molecule has 0 bridgehead atoms. The molecule has 3 N–H and O–H groups in total. The van der Waals surface area contributed by atoms with Crippen LogP contribution in [0.2, 0.25) is 0 Å². The minimum absolute atomic E-state index is 0.0491. The van der Waals surface area contributed by atoms with Crippen molar-refractivity contribution in [3.05, 3.63) is 29.8 Å². The molecule has 19 heavy (non-hydrogen) atoms. The van der Waals surface area contributed by atoms with Gasteiger partial charge >= 0.3 is 6.09 Å². The Morgan fingerprint density at radius 3 is 2.68 bits per heavy atom. The Labute approximate surface area is 112 Å². The number of benzene rings is 1. The maximum atomic E-state index is 11.6. The third kappa shape index (κ3) is 5.44. The second kappa shape index (κ2) is 6.24. The van der Waals surface area contributed by atoms with E-state index in [1.165, 1.54) is 6.07 Å². The summed E-state index contributed by atoms with van der Waals surface area (Å²) >= 11 is 0. The number of anilines is 1. The number of aromatic hydroxyl groups is 1. The molecule has 0 heterocycles. The summed E-state index contributed by atoms with van der Waals surface area (Å²) in [6, 6.07) is 4.72. The number of hydrogen-bond donors (Lipinski definition) is 3. The van der Waals surface area contributed by atoms with Gasteiger partial charge in [0.05, 0.1) is 12.3 Å². The van der Waals surface area contributed by atoms with Crippen molar-refractivity contribution < 1.29 is 19.7 Å². The number of amides is 1. The zero-order valence-electron chi connectivity index (χ0n) is 11.3. The van der Waals surface area contributed by atoms with Gasteiger partial charge < -0.3 is 14.9 Å². The summed E-state index contributed by atoms with van der Waals surface area (Å²) in [7, 11) is 0. The van der Waals surface area contributed by atoms with Crippen LogP contribution in [0.4, 0.5) is 10.5 Å². The Balaban J connectivity index is 2.82. The van der Waals surface area contributed by atoms with Crippen LogP contribution in [-0.4, -0.2) is 28.5 Å². The van der Waals surface area contributed by atoms with Gasteiger partial charge in [0.1, 0.15) is 11.4 Å². The smallest absolute Gasteiger partial charge is 0.412 e. The molecule has 5 nitrogen and oxygen atoms in total. The van der Waals surface area contributed by atoms with Crippen molar-refractivity contribution in [1.29, 1.82) is 0 Å². The van der Waals surface area contributed by atoms with Crippen LogP contribution in [0.15, 0.2) is 24.3 Å². The Morgan fingerprint density at radius 1 is 1.42 bits per heavy atom. The van der Waals surface area contributed by atoms with E-state index in [1.807, 2.05) is 0 Å². The van der Waals surface area contributed by atoms with E-state index < -0.39 is 11.7 Å². The number of phenolic OH excluding ortho intramolecular Hbond substituents is 1. The average molecular weight is 265 g/mol. The zero-order valence-corrected chi connectivity index (χ0v) is 11.3. The lowest BCUT2D eigenvalue weighted by atomic mass is 10.1. The molecule has 104 valence electrons. The molecule has 0 unspecified atom stereocenters. The summed E-state index contributed by atoms with van der Waals surface area (Å²) < 4.78 is 5.10. The van der Waals surface area contributed by atoms with E-state index in [0.29, 0.717) is 0 Å². The van der Waals surface area contributed by atoms with Crippen LogP contribution in [0.3, 0.4) is 0 Å². The molecule has 0 aliphatic carbocycles. The van der Waals surface area contributed by atoms with E-state index in [9.17, 15) is 9.90 Å². The van der Waals surface area contributed by atoms with Gasteiger partial charge in [0.2, 0.25) is 0 Å². The van der Waals surface area contributed by atoms with Crippen molar-refractivity contribution in [2.75, 3.05) is 11.9 Å². The zero-order chi connectivity index (χ0) is 14.5. The summed E-state index contributed by atoms with van der Waals surface area (Å²) in [4.78, 5) is 11.6. The highest BCUT2D eigenvalue weighted by Gasteiger charge is 2.17. The van der Waals surface area contributed by atoms with Crippen LogP contribution < -0.4 is 5.32 Å². The Hall–Kier alpha value is -2.01. The van der Waals surface area contributed by atoms with Crippen molar-refractivity contribution in [1.82, 2.24) is 0 Å². The van der Waals surface area contributed by atoms with Crippen LogP contribution in [0, 0.1) is 0 Å². The highest BCUT2D eigenvalue weighted by atomic mass is 16.6. The van der Waals surface area contributed by atoms with Gasteiger partial charge in [0.25, 0.3) is 0 Å². The van der Waals surface area contributed by atoms with Gasteiger partial charge in [-0.3, -0.25) is 5.32 Å². The van der Waals surface area contributed by atoms with Crippen LogP contribution in [0.1, 0.15) is 26.3 Å². The Bertz CT molecular complexity index is 475. The molecule has 1 aromatic carbocycles. The normalized spacial score (nSPS) is 11.6. The van der Waals surface area contributed by atoms with E-state index in [-0.39, 0.29) is 18.0 Å². The third-order valence-electron chi connectivity index (χ3n) is 2.07. The molecular weight excluding hydrogens is 246 g/mol. The number of carbonyl (C=O) groups is 1. The van der Waals surface area contributed by atoms with Gasteiger partial charge in [-0.2, -0.15) is 0 Å². The van der Waals surface area contributed by atoms with Crippen LogP contribution in [-0.2, 0) is 4.74 Å². The second-order valence-electron chi connectivity index (χ2n) is 4.99. The third-order valence-corrected chi connectivity index (χ3v) is 2.07. The topological polar surface area (TPSA) is 78.8 Å². The van der Waals surface area contributed by atoms with Crippen molar-refractivity contribution in [3.63, 3.8) is 0 Å². The lowest BCUT2D eigenvalue weighted by molar-refractivity contribution is 0.0635. The number of aliphatic hydroxyl groups excluding tert-OH is 1. The highest BCUT2D eigenvalue weighted by molar-refractivity contribution is 5.87. The fourth-order valence-electron chi connectivity index (χ4n) is 1.36. The Morgan fingerprint density at radius 2 is 2.11 bits per heavy atom. The number of hydrogen-bond acceptors (Lipinski definition) is 4. The van der Waals surface area contributed by atoms with Gasteiger partial charge in [-0.15, -0.1) is 0 Å². The quantitative estimate of drug-likeness (QED) is 0.734. The van der Waals surface area contributed by atoms with Crippen molar-refractivity contribution >= 4 is 17.9 Å².